The van der Waals surface area contributed by atoms with E-state index < -0.39 is 56.4 Å². The number of amides is 1. The van der Waals surface area contributed by atoms with Crippen molar-refractivity contribution in [2.24, 2.45) is 5.14 Å². The number of rotatable bonds is 4. The van der Waals surface area contributed by atoms with E-state index in [9.17, 15) is 30.8 Å². The Kier molecular flexibility index (Phi) is 5.18. The van der Waals surface area contributed by atoms with E-state index in [0.29, 0.717) is 12.1 Å². The highest BCUT2D eigenvalue weighted by Gasteiger charge is 2.27. The molecule has 0 unspecified atom stereocenters. The van der Waals surface area contributed by atoms with Crippen molar-refractivity contribution in [1.29, 1.82) is 0 Å². The van der Waals surface area contributed by atoms with Gasteiger partial charge in [-0.2, -0.15) is 13.2 Å². The lowest BCUT2D eigenvalue weighted by atomic mass is 10.2. The molecule has 0 aliphatic rings. The number of hydrogen-bond acceptors (Lipinski definition) is 3. The molecule has 0 bridgehead atoms. The minimum absolute atomic E-state index is 0.540. The molecule has 0 radical (unpaired) electrons. The number of hydrogen-bond donors (Lipinski definition) is 2. The quantitative estimate of drug-likeness (QED) is 0.813. The summed E-state index contributed by atoms with van der Waals surface area (Å²) in [6, 6.07) is 1.11. The number of nitrogens with two attached hydrogens (primary N) is 1. The molecule has 0 aliphatic heterocycles. The van der Waals surface area contributed by atoms with Gasteiger partial charge in [0.2, 0.25) is 10.0 Å². The van der Waals surface area contributed by atoms with Crippen molar-refractivity contribution >= 4 is 27.5 Å². The normalized spacial score (nSPS) is 12.3. The Balaban J connectivity index is 3.00. The first-order valence-corrected chi connectivity index (χ1v) is 7.21. The van der Waals surface area contributed by atoms with Crippen LogP contribution in [0.5, 0.6) is 0 Å². The molecule has 0 saturated heterocycles. The molecular formula is C10H9ClF4N2O3S. The molecule has 1 rings (SSSR count). The molecule has 3 N–H and O–H groups in total. The fourth-order valence-corrected chi connectivity index (χ4v) is 2.42. The molecular weight excluding hydrogens is 340 g/mol. The molecule has 1 aromatic carbocycles. The van der Waals surface area contributed by atoms with Crippen LogP contribution in [0.2, 0.25) is 5.02 Å². The second-order valence-electron chi connectivity index (χ2n) is 3.93. The van der Waals surface area contributed by atoms with Gasteiger partial charge >= 0.3 is 6.18 Å². The zero-order chi connectivity index (χ0) is 16.4. The standard InChI is InChI=1S/C10H9ClF4N2O3S/c11-6-4-7(12)5(3-8(6)21(16,19)20)9(18)17-2-1-10(13,14)15/h3-4H,1-2H2,(H,17,18)(H2,16,19,20). The summed E-state index contributed by atoms with van der Waals surface area (Å²) in [5, 5.41) is 6.10. The van der Waals surface area contributed by atoms with Gasteiger partial charge in [-0.25, -0.2) is 17.9 Å². The van der Waals surface area contributed by atoms with E-state index in [-0.39, 0.29) is 0 Å². The summed E-state index contributed by atoms with van der Waals surface area (Å²) in [4.78, 5) is 10.8. The van der Waals surface area contributed by atoms with Crippen LogP contribution in [0, 0.1) is 5.82 Å². The van der Waals surface area contributed by atoms with Gasteiger partial charge in [0.25, 0.3) is 5.91 Å². The van der Waals surface area contributed by atoms with Crippen molar-refractivity contribution in [1.82, 2.24) is 5.32 Å². The summed E-state index contributed by atoms with van der Waals surface area (Å²) >= 11 is 5.48. The van der Waals surface area contributed by atoms with Gasteiger partial charge in [0.1, 0.15) is 10.7 Å². The predicted octanol–water partition coefficient (Wildman–Crippen LogP) is 1.81. The molecule has 0 spiro atoms. The largest absolute Gasteiger partial charge is 0.390 e. The zero-order valence-electron chi connectivity index (χ0n) is 10.2. The number of benzene rings is 1. The minimum Gasteiger partial charge on any atom is -0.352 e. The Morgan fingerprint density at radius 1 is 1.33 bits per heavy atom. The van der Waals surface area contributed by atoms with Crippen LogP contribution < -0.4 is 10.5 Å². The number of carbonyl (C=O) groups excluding carboxylic acids is 1. The van der Waals surface area contributed by atoms with Gasteiger partial charge in [0.15, 0.2) is 0 Å². The van der Waals surface area contributed by atoms with Gasteiger partial charge < -0.3 is 5.32 Å². The van der Waals surface area contributed by atoms with Crippen LogP contribution in [-0.2, 0) is 10.0 Å². The van der Waals surface area contributed by atoms with Crippen LogP contribution in [-0.4, -0.2) is 27.0 Å². The fraction of sp³-hybridized carbons (Fsp3) is 0.300. The number of carbonyl (C=O) groups is 1. The maximum absolute atomic E-state index is 13.5. The van der Waals surface area contributed by atoms with Gasteiger partial charge in [-0.3, -0.25) is 4.79 Å². The molecule has 21 heavy (non-hydrogen) atoms. The van der Waals surface area contributed by atoms with Crippen LogP contribution in [0.25, 0.3) is 0 Å². The molecule has 5 nitrogen and oxygen atoms in total. The van der Waals surface area contributed by atoms with Crippen LogP contribution in [0.1, 0.15) is 16.8 Å². The summed E-state index contributed by atoms with van der Waals surface area (Å²) in [6.07, 6.45) is -5.80. The third-order valence-electron chi connectivity index (χ3n) is 2.27. The van der Waals surface area contributed by atoms with E-state index in [1.807, 2.05) is 5.32 Å². The highest BCUT2D eigenvalue weighted by atomic mass is 35.5. The average molecular weight is 349 g/mol. The molecule has 0 aliphatic carbocycles. The number of alkyl halides is 3. The number of nitrogens with one attached hydrogen (secondary N) is 1. The van der Waals surface area contributed by atoms with Gasteiger partial charge in [-0.15, -0.1) is 0 Å². The van der Waals surface area contributed by atoms with Gasteiger partial charge in [-0.1, -0.05) is 11.6 Å². The molecule has 0 saturated carbocycles. The van der Waals surface area contributed by atoms with Crippen molar-refractivity contribution in [3.05, 3.63) is 28.5 Å². The first-order chi connectivity index (χ1) is 9.42. The summed E-state index contributed by atoms with van der Waals surface area (Å²) in [6.45, 7) is -0.783. The third kappa shape index (κ3) is 5.14. The number of halogens is 5. The number of sulfonamides is 1. The molecule has 0 atom stereocenters. The summed E-state index contributed by atoms with van der Waals surface area (Å²) in [5.41, 5.74) is -0.773. The second kappa shape index (κ2) is 6.16. The van der Waals surface area contributed by atoms with Crippen LogP contribution in [0.4, 0.5) is 17.6 Å². The Morgan fingerprint density at radius 3 is 2.38 bits per heavy atom. The van der Waals surface area contributed by atoms with Gasteiger partial charge in [0.05, 0.1) is 17.0 Å². The highest BCUT2D eigenvalue weighted by molar-refractivity contribution is 7.89. The lowest BCUT2D eigenvalue weighted by Gasteiger charge is -2.10. The van der Waals surface area contributed by atoms with Crippen molar-refractivity contribution in [3.63, 3.8) is 0 Å². The van der Waals surface area contributed by atoms with Crippen LogP contribution >= 0.6 is 11.6 Å². The maximum atomic E-state index is 13.5. The lowest BCUT2D eigenvalue weighted by Crippen LogP contribution is -2.29. The predicted molar refractivity (Wildman–Crippen MR) is 65.8 cm³/mol. The molecule has 11 heteroatoms. The minimum atomic E-state index is -4.49. The van der Waals surface area contributed by atoms with E-state index in [2.05, 4.69) is 0 Å². The van der Waals surface area contributed by atoms with Crippen LogP contribution in [0.15, 0.2) is 17.0 Å². The van der Waals surface area contributed by atoms with E-state index in [1.54, 1.807) is 0 Å². The fourth-order valence-electron chi connectivity index (χ4n) is 1.33. The maximum Gasteiger partial charge on any atom is 0.390 e. The summed E-state index contributed by atoms with van der Waals surface area (Å²) < 4.78 is 71.6. The van der Waals surface area contributed by atoms with Crippen molar-refractivity contribution < 1.29 is 30.8 Å². The lowest BCUT2D eigenvalue weighted by molar-refractivity contribution is -0.132. The first kappa shape index (κ1) is 17.7. The highest BCUT2D eigenvalue weighted by Crippen LogP contribution is 2.24. The van der Waals surface area contributed by atoms with E-state index in [0.717, 1.165) is 0 Å². The van der Waals surface area contributed by atoms with Crippen molar-refractivity contribution in [3.8, 4) is 0 Å². The summed E-state index contributed by atoms with van der Waals surface area (Å²) in [7, 11) is -4.31. The zero-order valence-corrected chi connectivity index (χ0v) is 11.7. The summed E-state index contributed by atoms with van der Waals surface area (Å²) in [5.74, 6) is -2.39. The van der Waals surface area contributed by atoms with E-state index in [4.69, 9.17) is 16.7 Å². The van der Waals surface area contributed by atoms with Crippen molar-refractivity contribution in [2.45, 2.75) is 17.5 Å². The Bertz CT molecular complexity index is 661. The van der Waals surface area contributed by atoms with E-state index in [1.165, 1.54) is 0 Å². The van der Waals surface area contributed by atoms with Crippen molar-refractivity contribution in [2.75, 3.05) is 6.54 Å². The second-order valence-corrected chi connectivity index (χ2v) is 5.87. The van der Waals surface area contributed by atoms with E-state index >= 15 is 0 Å². The monoisotopic (exact) mass is 348 g/mol. The Labute approximate surface area is 122 Å². The molecule has 118 valence electrons. The molecule has 0 heterocycles. The Hall–Kier alpha value is -1.39. The SMILES string of the molecule is NS(=O)(=O)c1cc(C(=O)NCCC(F)(F)F)c(F)cc1Cl. The smallest absolute Gasteiger partial charge is 0.352 e. The van der Waals surface area contributed by atoms with Gasteiger partial charge in [-0.05, 0) is 12.1 Å². The average Bonchev–Trinajstić information content (AvgIpc) is 2.24. The molecule has 0 aromatic heterocycles. The van der Waals surface area contributed by atoms with Crippen LogP contribution in [0.3, 0.4) is 0 Å². The molecule has 0 fully saturated rings. The Morgan fingerprint density at radius 2 is 1.90 bits per heavy atom. The molecule has 1 aromatic rings. The topological polar surface area (TPSA) is 89.3 Å². The van der Waals surface area contributed by atoms with Gasteiger partial charge in [0, 0.05) is 6.54 Å². The first-order valence-electron chi connectivity index (χ1n) is 5.28. The molecule has 1 amide bonds. The third-order valence-corrected chi connectivity index (χ3v) is 3.64. The number of primary sulfonamides is 1.